The lowest BCUT2D eigenvalue weighted by atomic mass is 9.95. The summed E-state index contributed by atoms with van der Waals surface area (Å²) in [5.74, 6) is 1.35. The summed E-state index contributed by atoms with van der Waals surface area (Å²) in [6, 6.07) is 8.31. The van der Waals surface area contributed by atoms with Crippen molar-refractivity contribution in [3.05, 3.63) is 42.0 Å². The number of hydrogen-bond donors (Lipinski definition) is 1. The molecule has 1 N–H and O–H groups in total. The zero-order chi connectivity index (χ0) is 15.5. The molecule has 4 heteroatoms. The normalized spacial score (nSPS) is 11.5. The number of nitrogens with one attached hydrogen (secondary N) is 1. The first-order valence-electron chi connectivity index (χ1n) is 7.29. The molecule has 0 radical (unpaired) electrons. The molecular formula is C17H22FN3. The van der Waals surface area contributed by atoms with Crippen molar-refractivity contribution in [2.45, 2.75) is 39.5 Å². The first kappa shape index (κ1) is 15.4. The van der Waals surface area contributed by atoms with E-state index >= 15 is 0 Å². The standard InChI is InChI=1S/C17H22FN3/c1-5-10-19-15-11-14(12-6-8-13(18)9-7-12)20-16(21-15)17(2,3)4/h6-9,11H,5,10H2,1-4H3,(H,19,20,21). The van der Waals surface area contributed by atoms with E-state index in [0.29, 0.717) is 0 Å². The van der Waals surface area contributed by atoms with Gasteiger partial charge in [-0.05, 0) is 30.7 Å². The Kier molecular flexibility index (Phi) is 4.56. The fourth-order valence-corrected chi connectivity index (χ4v) is 1.89. The van der Waals surface area contributed by atoms with E-state index in [1.54, 1.807) is 12.1 Å². The smallest absolute Gasteiger partial charge is 0.136 e. The molecule has 2 aromatic rings. The van der Waals surface area contributed by atoms with Gasteiger partial charge in [0.15, 0.2) is 0 Å². The van der Waals surface area contributed by atoms with Gasteiger partial charge in [0.2, 0.25) is 0 Å². The third kappa shape index (κ3) is 4.00. The molecule has 1 heterocycles. The van der Waals surface area contributed by atoms with Crippen molar-refractivity contribution in [1.82, 2.24) is 9.97 Å². The Labute approximate surface area is 125 Å². The van der Waals surface area contributed by atoms with Crippen LogP contribution in [-0.4, -0.2) is 16.5 Å². The van der Waals surface area contributed by atoms with Gasteiger partial charge in [-0.3, -0.25) is 0 Å². The molecule has 0 unspecified atom stereocenters. The minimum atomic E-state index is -0.242. The molecule has 0 atom stereocenters. The Morgan fingerprint density at radius 1 is 1.10 bits per heavy atom. The molecule has 0 aliphatic carbocycles. The molecule has 112 valence electrons. The first-order valence-corrected chi connectivity index (χ1v) is 7.29. The van der Waals surface area contributed by atoms with Crippen LogP contribution in [0.1, 0.15) is 39.9 Å². The zero-order valence-corrected chi connectivity index (χ0v) is 13.1. The predicted molar refractivity (Wildman–Crippen MR) is 84.9 cm³/mol. The number of nitrogens with zero attached hydrogens (tertiary/aromatic N) is 2. The molecule has 0 aliphatic rings. The summed E-state index contributed by atoms with van der Waals surface area (Å²) in [6.45, 7) is 9.23. The van der Waals surface area contributed by atoms with Crippen molar-refractivity contribution < 1.29 is 4.39 Å². The largest absolute Gasteiger partial charge is 0.370 e. The van der Waals surface area contributed by atoms with Crippen molar-refractivity contribution >= 4 is 5.82 Å². The molecule has 0 amide bonds. The molecular weight excluding hydrogens is 265 g/mol. The number of aromatic nitrogens is 2. The van der Waals surface area contributed by atoms with Crippen LogP contribution in [0.5, 0.6) is 0 Å². The van der Waals surface area contributed by atoms with Gasteiger partial charge in [-0.1, -0.05) is 27.7 Å². The second kappa shape index (κ2) is 6.20. The SMILES string of the molecule is CCCNc1cc(-c2ccc(F)cc2)nc(C(C)(C)C)n1. The van der Waals surface area contributed by atoms with Gasteiger partial charge in [0.25, 0.3) is 0 Å². The van der Waals surface area contributed by atoms with Crippen LogP contribution in [0.4, 0.5) is 10.2 Å². The maximum atomic E-state index is 13.1. The van der Waals surface area contributed by atoms with Crippen molar-refractivity contribution in [3.63, 3.8) is 0 Å². The van der Waals surface area contributed by atoms with Gasteiger partial charge in [-0.25, -0.2) is 14.4 Å². The van der Waals surface area contributed by atoms with Crippen LogP contribution in [0.2, 0.25) is 0 Å². The molecule has 0 spiro atoms. The van der Waals surface area contributed by atoms with Crippen molar-refractivity contribution in [2.24, 2.45) is 0 Å². The summed E-state index contributed by atoms with van der Waals surface area (Å²) >= 11 is 0. The van der Waals surface area contributed by atoms with Gasteiger partial charge < -0.3 is 5.32 Å². The van der Waals surface area contributed by atoms with Gasteiger partial charge in [0.05, 0.1) is 5.69 Å². The molecule has 0 aliphatic heterocycles. The van der Waals surface area contributed by atoms with Crippen molar-refractivity contribution in [1.29, 1.82) is 0 Å². The summed E-state index contributed by atoms with van der Waals surface area (Å²) in [7, 11) is 0. The number of hydrogen-bond acceptors (Lipinski definition) is 3. The minimum Gasteiger partial charge on any atom is -0.370 e. The van der Waals surface area contributed by atoms with Crippen molar-refractivity contribution in [2.75, 3.05) is 11.9 Å². The third-order valence-corrected chi connectivity index (χ3v) is 3.09. The highest BCUT2D eigenvalue weighted by Crippen LogP contribution is 2.25. The number of benzene rings is 1. The lowest BCUT2D eigenvalue weighted by molar-refractivity contribution is 0.546. The van der Waals surface area contributed by atoms with E-state index in [0.717, 1.165) is 35.9 Å². The maximum absolute atomic E-state index is 13.1. The van der Waals surface area contributed by atoms with E-state index in [9.17, 15) is 4.39 Å². The fourth-order valence-electron chi connectivity index (χ4n) is 1.89. The molecule has 1 aromatic heterocycles. The number of rotatable bonds is 4. The maximum Gasteiger partial charge on any atom is 0.136 e. The predicted octanol–water partition coefficient (Wildman–Crippen LogP) is 4.40. The third-order valence-electron chi connectivity index (χ3n) is 3.09. The highest BCUT2D eigenvalue weighted by Gasteiger charge is 2.19. The topological polar surface area (TPSA) is 37.8 Å². The molecule has 0 fully saturated rings. The molecule has 2 rings (SSSR count). The van der Waals surface area contributed by atoms with E-state index in [-0.39, 0.29) is 11.2 Å². The van der Waals surface area contributed by atoms with Gasteiger partial charge >= 0.3 is 0 Å². The van der Waals surface area contributed by atoms with E-state index in [4.69, 9.17) is 0 Å². The second-order valence-corrected chi connectivity index (χ2v) is 6.15. The number of anilines is 1. The Bertz CT molecular complexity index is 600. The summed E-state index contributed by atoms with van der Waals surface area (Å²) in [5, 5.41) is 3.30. The number of halogens is 1. The van der Waals surface area contributed by atoms with Crippen molar-refractivity contribution in [3.8, 4) is 11.3 Å². The Morgan fingerprint density at radius 3 is 2.33 bits per heavy atom. The van der Waals surface area contributed by atoms with Gasteiger partial charge in [0, 0.05) is 23.6 Å². The summed E-state index contributed by atoms with van der Waals surface area (Å²) in [6.07, 6.45) is 1.03. The molecule has 21 heavy (non-hydrogen) atoms. The molecule has 1 aromatic carbocycles. The van der Waals surface area contributed by atoms with Gasteiger partial charge in [-0.15, -0.1) is 0 Å². The molecule has 0 saturated heterocycles. The van der Waals surface area contributed by atoms with Crippen LogP contribution in [0.25, 0.3) is 11.3 Å². The minimum absolute atomic E-state index is 0.140. The summed E-state index contributed by atoms with van der Waals surface area (Å²) in [4.78, 5) is 9.23. The van der Waals surface area contributed by atoms with Crippen LogP contribution in [0, 0.1) is 5.82 Å². The van der Waals surface area contributed by atoms with Crippen LogP contribution in [0.3, 0.4) is 0 Å². The Balaban J connectivity index is 2.46. The monoisotopic (exact) mass is 287 g/mol. The highest BCUT2D eigenvalue weighted by atomic mass is 19.1. The molecule has 3 nitrogen and oxygen atoms in total. The average Bonchev–Trinajstić information content (AvgIpc) is 2.44. The van der Waals surface area contributed by atoms with E-state index in [2.05, 4.69) is 43.0 Å². The fraction of sp³-hybridized carbons (Fsp3) is 0.412. The quantitative estimate of drug-likeness (QED) is 0.905. The summed E-state index contributed by atoms with van der Waals surface area (Å²) < 4.78 is 13.1. The lowest BCUT2D eigenvalue weighted by Crippen LogP contribution is -2.18. The highest BCUT2D eigenvalue weighted by molar-refractivity contribution is 5.62. The van der Waals surface area contributed by atoms with Crippen LogP contribution < -0.4 is 5.32 Å². The summed E-state index contributed by atoms with van der Waals surface area (Å²) in [5.41, 5.74) is 1.57. The first-order chi connectivity index (χ1) is 9.90. The van der Waals surface area contributed by atoms with E-state index in [1.165, 1.54) is 12.1 Å². The molecule has 0 bridgehead atoms. The Morgan fingerprint density at radius 2 is 1.76 bits per heavy atom. The lowest BCUT2D eigenvalue weighted by Gasteiger charge is -2.19. The van der Waals surface area contributed by atoms with Gasteiger partial charge in [-0.2, -0.15) is 0 Å². The average molecular weight is 287 g/mol. The van der Waals surface area contributed by atoms with Crippen LogP contribution >= 0.6 is 0 Å². The molecule has 0 saturated carbocycles. The Hall–Kier alpha value is -1.97. The van der Waals surface area contributed by atoms with Crippen LogP contribution in [0.15, 0.2) is 30.3 Å². The van der Waals surface area contributed by atoms with Gasteiger partial charge in [0.1, 0.15) is 17.5 Å². The van der Waals surface area contributed by atoms with E-state index < -0.39 is 0 Å². The van der Waals surface area contributed by atoms with E-state index in [1.807, 2.05) is 6.07 Å². The second-order valence-electron chi connectivity index (χ2n) is 6.15. The zero-order valence-electron chi connectivity index (χ0n) is 13.1. The van der Waals surface area contributed by atoms with Crippen LogP contribution in [-0.2, 0) is 5.41 Å².